The molecule has 1 aromatic carbocycles. The van der Waals surface area contributed by atoms with Crippen molar-refractivity contribution in [2.45, 2.75) is 43.0 Å². The molecule has 0 spiro atoms. The van der Waals surface area contributed by atoms with Gasteiger partial charge in [0.2, 0.25) is 10.0 Å². The summed E-state index contributed by atoms with van der Waals surface area (Å²) in [5.74, 6) is 1.07. The molecule has 1 fully saturated rings. The fraction of sp³-hybridized carbons (Fsp3) is 0.600. The second-order valence-corrected chi connectivity index (χ2v) is 8.56. The van der Waals surface area contributed by atoms with Gasteiger partial charge >= 0.3 is 0 Å². The van der Waals surface area contributed by atoms with E-state index in [1.54, 1.807) is 19.2 Å². The monoisotopic (exact) mass is 389 g/mol. The molecule has 2 aliphatic rings. The van der Waals surface area contributed by atoms with E-state index in [1.807, 2.05) is 0 Å². The highest BCUT2D eigenvalue weighted by molar-refractivity contribution is 9.10. The van der Waals surface area contributed by atoms with E-state index in [1.165, 1.54) is 10.7 Å². The van der Waals surface area contributed by atoms with Gasteiger partial charge in [-0.15, -0.1) is 0 Å². The molecule has 0 unspecified atom stereocenters. The van der Waals surface area contributed by atoms with E-state index in [0.717, 1.165) is 25.7 Å². The minimum atomic E-state index is -3.55. The largest absolute Gasteiger partial charge is 0.486 e. The van der Waals surface area contributed by atoms with Gasteiger partial charge in [0.1, 0.15) is 18.1 Å². The SMILES string of the molecule is CN(C1CCCCC1)S(=O)(=O)c1cc2c(cc1Br)OCCO2. The lowest BCUT2D eigenvalue weighted by Gasteiger charge is -2.31. The zero-order chi connectivity index (χ0) is 15.7. The number of sulfonamides is 1. The summed E-state index contributed by atoms with van der Waals surface area (Å²) in [5.41, 5.74) is 0. The van der Waals surface area contributed by atoms with E-state index >= 15 is 0 Å². The summed E-state index contributed by atoms with van der Waals surface area (Å²) < 4.78 is 38.9. The van der Waals surface area contributed by atoms with Gasteiger partial charge < -0.3 is 9.47 Å². The van der Waals surface area contributed by atoms with Crippen LogP contribution in [0.1, 0.15) is 32.1 Å². The molecule has 1 heterocycles. The first kappa shape index (κ1) is 16.1. The van der Waals surface area contributed by atoms with Gasteiger partial charge in [-0.05, 0) is 34.8 Å². The number of benzene rings is 1. The maximum atomic E-state index is 12.9. The second-order valence-electron chi connectivity index (χ2n) is 5.74. The molecule has 1 aliphatic carbocycles. The molecule has 22 heavy (non-hydrogen) atoms. The first-order valence-corrected chi connectivity index (χ1v) is 9.80. The van der Waals surface area contributed by atoms with Gasteiger partial charge in [0, 0.05) is 23.6 Å². The van der Waals surface area contributed by atoms with E-state index in [9.17, 15) is 8.42 Å². The van der Waals surface area contributed by atoms with Gasteiger partial charge in [0.05, 0.1) is 0 Å². The lowest BCUT2D eigenvalue weighted by molar-refractivity contribution is 0.171. The van der Waals surface area contributed by atoms with Gasteiger partial charge in [-0.2, -0.15) is 4.31 Å². The molecule has 0 N–H and O–H groups in total. The summed E-state index contributed by atoms with van der Waals surface area (Å²) in [6, 6.07) is 3.32. The Kier molecular flexibility index (Phi) is 4.66. The molecule has 0 atom stereocenters. The molecule has 1 aromatic rings. The van der Waals surface area contributed by atoms with E-state index in [0.29, 0.717) is 29.2 Å². The van der Waals surface area contributed by atoms with Crippen molar-refractivity contribution in [1.82, 2.24) is 4.31 Å². The van der Waals surface area contributed by atoms with Crippen molar-refractivity contribution in [3.63, 3.8) is 0 Å². The molecule has 122 valence electrons. The number of hydrogen-bond acceptors (Lipinski definition) is 4. The molecule has 1 aliphatic heterocycles. The zero-order valence-corrected chi connectivity index (χ0v) is 15.0. The highest BCUT2D eigenvalue weighted by Gasteiger charge is 2.32. The minimum Gasteiger partial charge on any atom is -0.486 e. The van der Waals surface area contributed by atoms with Crippen LogP contribution in [-0.4, -0.2) is 39.0 Å². The Bertz CT molecular complexity index is 656. The molecule has 0 saturated heterocycles. The van der Waals surface area contributed by atoms with Gasteiger partial charge in [-0.1, -0.05) is 19.3 Å². The van der Waals surface area contributed by atoms with E-state index < -0.39 is 10.0 Å². The third-order valence-corrected chi connectivity index (χ3v) is 7.21. The van der Waals surface area contributed by atoms with Crippen molar-refractivity contribution in [3.05, 3.63) is 16.6 Å². The standard InChI is InChI=1S/C15H20BrNO4S/c1-17(11-5-3-2-4-6-11)22(18,19)15-10-14-13(9-12(15)16)20-7-8-21-14/h9-11H,2-8H2,1H3. The van der Waals surface area contributed by atoms with Gasteiger partial charge in [-0.25, -0.2) is 8.42 Å². The van der Waals surface area contributed by atoms with Crippen molar-refractivity contribution in [2.24, 2.45) is 0 Å². The summed E-state index contributed by atoms with van der Waals surface area (Å²) in [5, 5.41) is 0. The van der Waals surface area contributed by atoms with Crippen LogP contribution in [-0.2, 0) is 10.0 Å². The third-order valence-electron chi connectivity index (χ3n) is 4.34. The molecule has 0 bridgehead atoms. The van der Waals surface area contributed by atoms with Crippen LogP contribution < -0.4 is 9.47 Å². The fourth-order valence-electron chi connectivity index (χ4n) is 3.04. The van der Waals surface area contributed by atoms with Crippen LogP contribution in [0.25, 0.3) is 0 Å². The topological polar surface area (TPSA) is 55.8 Å². The molecule has 7 heteroatoms. The molecule has 0 radical (unpaired) electrons. The number of hydrogen-bond donors (Lipinski definition) is 0. The van der Waals surface area contributed by atoms with E-state index in [4.69, 9.17) is 9.47 Å². The number of fused-ring (bicyclic) bond motifs is 1. The van der Waals surface area contributed by atoms with Crippen LogP contribution >= 0.6 is 15.9 Å². The highest BCUT2D eigenvalue weighted by Crippen LogP contribution is 2.39. The first-order chi connectivity index (χ1) is 10.5. The van der Waals surface area contributed by atoms with Crippen molar-refractivity contribution in [2.75, 3.05) is 20.3 Å². The average Bonchev–Trinajstić information content (AvgIpc) is 2.54. The minimum absolute atomic E-state index is 0.0823. The summed E-state index contributed by atoms with van der Waals surface area (Å²) >= 11 is 3.36. The van der Waals surface area contributed by atoms with Crippen LogP contribution in [0.3, 0.4) is 0 Å². The highest BCUT2D eigenvalue weighted by atomic mass is 79.9. The number of nitrogens with zero attached hydrogens (tertiary/aromatic N) is 1. The molecule has 3 rings (SSSR count). The lowest BCUT2D eigenvalue weighted by atomic mass is 9.96. The molecule has 0 aromatic heterocycles. The number of halogens is 1. The number of rotatable bonds is 3. The predicted molar refractivity (Wildman–Crippen MR) is 87.0 cm³/mol. The van der Waals surface area contributed by atoms with Crippen LogP contribution in [0, 0.1) is 0 Å². The maximum Gasteiger partial charge on any atom is 0.244 e. The van der Waals surface area contributed by atoms with Crippen LogP contribution in [0.15, 0.2) is 21.5 Å². The Hall–Kier alpha value is -0.790. The Labute approximate surface area is 139 Å². The van der Waals surface area contributed by atoms with Gasteiger partial charge in [0.15, 0.2) is 11.5 Å². The summed E-state index contributed by atoms with van der Waals surface area (Å²) in [6.07, 6.45) is 5.23. The molecular weight excluding hydrogens is 370 g/mol. The average molecular weight is 390 g/mol. The van der Waals surface area contributed by atoms with Crippen molar-refractivity contribution in [1.29, 1.82) is 0 Å². The quantitative estimate of drug-likeness (QED) is 0.796. The molecule has 1 saturated carbocycles. The third kappa shape index (κ3) is 2.98. The van der Waals surface area contributed by atoms with Crippen molar-refractivity contribution >= 4 is 26.0 Å². The summed E-state index contributed by atoms with van der Waals surface area (Å²) in [4.78, 5) is 0.241. The van der Waals surface area contributed by atoms with Crippen molar-refractivity contribution in [3.8, 4) is 11.5 Å². The van der Waals surface area contributed by atoms with Crippen molar-refractivity contribution < 1.29 is 17.9 Å². The zero-order valence-electron chi connectivity index (χ0n) is 12.5. The fourth-order valence-corrected chi connectivity index (χ4v) is 5.45. The molecule has 5 nitrogen and oxygen atoms in total. The van der Waals surface area contributed by atoms with Crippen LogP contribution in [0.4, 0.5) is 0 Å². The Morgan fingerprint density at radius 3 is 2.32 bits per heavy atom. The lowest BCUT2D eigenvalue weighted by Crippen LogP contribution is -2.38. The first-order valence-electron chi connectivity index (χ1n) is 7.57. The summed E-state index contributed by atoms with van der Waals surface area (Å²) in [6.45, 7) is 0.917. The van der Waals surface area contributed by atoms with Crippen LogP contribution in [0.5, 0.6) is 11.5 Å². The Balaban J connectivity index is 1.94. The summed E-state index contributed by atoms with van der Waals surface area (Å²) in [7, 11) is -1.88. The van der Waals surface area contributed by atoms with Gasteiger partial charge in [-0.3, -0.25) is 0 Å². The van der Waals surface area contributed by atoms with Crippen LogP contribution in [0.2, 0.25) is 0 Å². The van der Waals surface area contributed by atoms with E-state index in [2.05, 4.69) is 15.9 Å². The molecule has 0 amide bonds. The molecular formula is C15H20BrNO4S. The normalized spacial score (nSPS) is 19.4. The predicted octanol–water partition coefficient (Wildman–Crippen LogP) is 3.17. The second kappa shape index (κ2) is 6.37. The van der Waals surface area contributed by atoms with E-state index in [-0.39, 0.29) is 10.9 Å². The smallest absolute Gasteiger partial charge is 0.244 e. The Morgan fingerprint density at radius 2 is 1.68 bits per heavy atom. The Morgan fingerprint density at radius 1 is 1.09 bits per heavy atom. The number of ether oxygens (including phenoxy) is 2. The van der Waals surface area contributed by atoms with Gasteiger partial charge in [0.25, 0.3) is 0 Å². The maximum absolute atomic E-state index is 12.9.